The van der Waals surface area contributed by atoms with E-state index in [1.165, 1.54) is 0 Å². The number of halogens is 2. The molecule has 20 heavy (non-hydrogen) atoms. The Hall–Kier alpha value is -0.320. The molecular formula is C15H22Cl2N2O. The number of aliphatic hydroxyl groups excluding tert-OH is 1. The van der Waals surface area contributed by atoms with E-state index in [1.54, 1.807) is 0 Å². The van der Waals surface area contributed by atoms with Crippen molar-refractivity contribution < 1.29 is 5.11 Å². The molecule has 1 heterocycles. The molecule has 1 saturated heterocycles. The average molecular weight is 317 g/mol. The van der Waals surface area contributed by atoms with Crippen molar-refractivity contribution in [3.05, 3.63) is 33.8 Å². The van der Waals surface area contributed by atoms with Gasteiger partial charge in [0, 0.05) is 22.5 Å². The van der Waals surface area contributed by atoms with Gasteiger partial charge in [0.15, 0.2) is 0 Å². The molecule has 0 amide bonds. The predicted molar refractivity (Wildman–Crippen MR) is 84.5 cm³/mol. The van der Waals surface area contributed by atoms with Crippen LogP contribution in [0.4, 0.5) is 0 Å². The molecule has 0 aromatic heterocycles. The highest BCUT2D eigenvalue weighted by Crippen LogP contribution is 2.39. The topological polar surface area (TPSA) is 49.5 Å². The number of hydrogen-bond acceptors (Lipinski definition) is 3. The molecule has 0 saturated carbocycles. The van der Waals surface area contributed by atoms with Gasteiger partial charge in [-0.1, -0.05) is 29.3 Å². The normalized spacial score (nSPS) is 19.2. The van der Waals surface area contributed by atoms with Crippen LogP contribution >= 0.6 is 23.2 Å². The third kappa shape index (κ3) is 3.66. The van der Waals surface area contributed by atoms with Gasteiger partial charge in [0.05, 0.1) is 6.61 Å². The molecule has 1 aliphatic rings. The van der Waals surface area contributed by atoms with E-state index in [1.807, 2.05) is 18.2 Å². The lowest BCUT2D eigenvalue weighted by Crippen LogP contribution is -2.38. The van der Waals surface area contributed by atoms with Crippen LogP contribution in [0.1, 0.15) is 24.3 Å². The zero-order valence-corrected chi connectivity index (χ0v) is 13.1. The molecule has 0 bridgehead atoms. The Kier molecular flexibility index (Phi) is 6.12. The largest absolute Gasteiger partial charge is 0.395 e. The lowest BCUT2D eigenvalue weighted by Gasteiger charge is -2.36. The van der Waals surface area contributed by atoms with Crippen LogP contribution in [-0.4, -0.2) is 42.8 Å². The molecule has 2 rings (SSSR count). The van der Waals surface area contributed by atoms with E-state index in [4.69, 9.17) is 34.0 Å². The van der Waals surface area contributed by atoms with Crippen molar-refractivity contribution in [1.82, 2.24) is 4.90 Å². The quantitative estimate of drug-likeness (QED) is 0.878. The second kappa shape index (κ2) is 7.62. The molecule has 1 fully saturated rings. The first-order chi connectivity index (χ1) is 9.67. The van der Waals surface area contributed by atoms with Crippen molar-refractivity contribution in [2.45, 2.75) is 18.8 Å². The van der Waals surface area contributed by atoms with Crippen molar-refractivity contribution in [2.75, 3.05) is 32.8 Å². The molecule has 1 unspecified atom stereocenters. The van der Waals surface area contributed by atoms with E-state index in [9.17, 15) is 0 Å². The third-order valence-electron chi connectivity index (χ3n) is 4.24. The summed E-state index contributed by atoms with van der Waals surface area (Å²) in [5.41, 5.74) is 6.99. The standard InChI is InChI=1S/C15H22Cl2N2O/c16-13-2-1-3-14(17)15(13)12(10-18)11-4-6-19(7-5-11)8-9-20/h1-3,11-12,20H,4-10,18H2. The van der Waals surface area contributed by atoms with Gasteiger partial charge in [0.2, 0.25) is 0 Å². The first-order valence-electron chi connectivity index (χ1n) is 7.14. The van der Waals surface area contributed by atoms with Gasteiger partial charge >= 0.3 is 0 Å². The number of piperidine rings is 1. The van der Waals surface area contributed by atoms with Crippen LogP contribution in [0.15, 0.2) is 18.2 Å². The highest BCUT2D eigenvalue weighted by Gasteiger charge is 2.29. The first kappa shape index (κ1) is 16.1. The minimum absolute atomic E-state index is 0.215. The maximum absolute atomic E-state index is 8.99. The molecule has 3 nitrogen and oxygen atoms in total. The number of nitrogens with zero attached hydrogens (tertiary/aromatic N) is 1. The van der Waals surface area contributed by atoms with Crippen LogP contribution < -0.4 is 5.73 Å². The Morgan fingerprint density at radius 3 is 2.35 bits per heavy atom. The fourth-order valence-corrected chi connectivity index (χ4v) is 3.81. The summed E-state index contributed by atoms with van der Waals surface area (Å²) in [5, 5.41) is 10.4. The van der Waals surface area contributed by atoms with Gasteiger partial charge in [-0.15, -0.1) is 0 Å². The van der Waals surface area contributed by atoms with E-state index < -0.39 is 0 Å². The number of β-amino-alcohol motifs (C(OH)–C–C–N with tert-alkyl or cyclic N) is 1. The number of hydrogen-bond donors (Lipinski definition) is 2. The van der Waals surface area contributed by atoms with Gasteiger partial charge in [-0.3, -0.25) is 0 Å². The molecule has 1 atom stereocenters. The van der Waals surface area contributed by atoms with Gasteiger partial charge in [0.1, 0.15) is 0 Å². The van der Waals surface area contributed by atoms with Gasteiger partial charge in [-0.2, -0.15) is 0 Å². The highest BCUT2D eigenvalue weighted by molar-refractivity contribution is 6.36. The maximum Gasteiger partial charge on any atom is 0.0558 e. The predicted octanol–water partition coefficient (Wildman–Crippen LogP) is 2.74. The number of aliphatic hydroxyl groups is 1. The number of likely N-dealkylation sites (tertiary alicyclic amines) is 1. The van der Waals surface area contributed by atoms with Gasteiger partial charge in [-0.25, -0.2) is 0 Å². The molecule has 0 aliphatic carbocycles. The third-order valence-corrected chi connectivity index (χ3v) is 4.90. The van der Waals surface area contributed by atoms with Crippen LogP contribution in [0.2, 0.25) is 10.0 Å². The van der Waals surface area contributed by atoms with Crippen LogP contribution in [-0.2, 0) is 0 Å². The van der Waals surface area contributed by atoms with Crippen molar-refractivity contribution in [2.24, 2.45) is 11.7 Å². The molecule has 3 N–H and O–H groups in total. The molecule has 1 aromatic carbocycles. The monoisotopic (exact) mass is 316 g/mol. The summed E-state index contributed by atoms with van der Waals surface area (Å²) >= 11 is 12.6. The van der Waals surface area contributed by atoms with E-state index in [2.05, 4.69) is 4.90 Å². The maximum atomic E-state index is 8.99. The average Bonchev–Trinajstić information content (AvgIpc) is 2.45. The van der Waals surface area contributed by atoms with Crippen molar-refractivity contribution in [3.63, 3.8) is 0 Å². The minimum atomic E-state index is 0.215. The Balaban J connectivity index is 2.10. The zero-order chi connectivity index (χ0) is 14.5. The Labute approximate surface area is 130 Å². The molecule has 5 heteroatoms. The lowest BCUT2D eigenvalue weighted by atomic mass is 9.80. The Morgan fingerprint density at radius 1 is 1.25 bits per heavy atom. The lowest BCUT2D eigenvalue weighted by molar-refractivity contribution is 0.138. The summed E-state index contributed by atoms with van der Waals surface area (Å²) < 4.78 is 0. The molecule has 112 valence electrons. The Morgan fingerprint density at radius 2 is 1.85 bits per heavy atom. The van der Waals surface area contributed by atoms with Crippen molar-refractivity contribution in [3.8, 4) is 0 Å². The summed E-state index contributed by atoms with van der Waals surface area (Å²) in [5.74, 6) is 0.722. The fraction of sp³-hybridized carbons (Fsp3) is 0.600. The molecule has 1 aliphatic heterocycles. The number of benzene rings is 1. The second-order valence-electron chi connectivity index (χ2n) is 5.38. The summed E-state index contributed by atoms with van der Waals surface area (Å²) in [6.07, 6.45) is 2.15. The molecule has 1 aromatic rings. The van der Waals surface area contributed by atoms with Crippen LogP contribution in [0, 0.1) is 5.92 Å². The van der Waals surface area contributed by atoms with E-state index in [0.29, 0.717) is 22.5 Å². The van der Waals surface area contributed by atoms with Crippen LogP contribution in [0.5, 0.6) is 0 Å². The van der Waals surface area contributed by atoms with Crippen molar-refractivity contribution >= 4 is 23.2 Å². The number of nitrogens with two attached hydrogens (primary N) is 1. The van der Waals surface area contributed by atoms with E-state index in [0.717, 1.165) is 38.0 Å². The van der Waals surface area contributed by atoms with Crippen LogP contribution in [0.25, 0.3) is 0 Å². The SMILES string of the molecule is NCC(c1c(Cl)cccc1Cl)C1CCN(CCO)CC1. The summed E-state index contributed by atoms with van der Waals surface area (Å²) in [4.78, 5) is 2.29. The van der Waals surface area contributed by atoms with E-state index in [-0.39, 0.29) is 12.5 Å². The van der Waals surface area contributed by atoms with E-state index >= 15 is 0 Å². The second-order valence-corrected chi connectivity index (χ2v) is 6.19. The van der Waals surface area contributed by atoms with Crippen molar-refractivity contribution in [1.29, 1.82) is 0 Å². The summed E-state index contributed by atoms with van der Waals surface area (Å²) in [6.45, 7) is 3.55. The zero-order valence-electron chi connectivity index (χ0n) is 11.6. The van der Waals surface area contributed by atoms with Gasteiger partial charge in [0.25, 0.3) is 0 Å². The minimum Gasteiger partial charge on any atom is -0.395 e. The summed E-state index contributed by atoms with van der Waals surface area (Å²) in [6, 6.07) is 5.63. The molecular weight excluding hydrogens is 295 g/mol. The summed E-state index contributed by atoms with van der Waals surface area (Å²) in [7, 11) is 0. The fourth-order valence-electron chi connectivity index (χ4n) is 3.13. The smallest absolute Gasteiger partial charge is 0.0558 e. The van der Waals surface area contributed by atoms with Gasteiger partial charge in [-0.05, 0) is 56.1 Å². The van der Waals surface area contributed by atoms with Gasteiger partial charge < -0.3 is 15.7 Å². The molecule has 0 radical (unpaired) electrons. The highest BCUT2D eigenvalue weighted by atomic mass is 35.5. The first-order valence-corrected chi connectivity index (χ1v) is 7.90. The molecule has 0 spiro atoms. The number of rotatable bonds is 5. The van der Waals surface area contributed by atoms with Crippen LogP contribution in [0.3, 0.4) is 0 Å². The Bertz CT molecular complexity index is 414.